The molecule has 2 amide bonds. The summed E-state index contributed by atoms with van der Waals surface area (Å²) < 4.78 is 0. The quantitative estimate of drug-likeness (QED) is 0.817. The molecular weight excluding hydrogens is 324 g/mol. The van der Waals surface area contributed by atoms with Crippen LogP contribution < -0.4 is 9.80 Å². The van der Waals surface area contributed by atoms with Crippen molar-refractivity contribution in [1.82, 2.24) is 0 Å². The van der Waals surface area contributed by atoms with Gasteiger partial charge in [0.05, 0.1) is 6.42 Å². The van der Waals surface area contributed by atoms with Gasteiger partial charge in [-0.05, 0) is 62.1 Å². The Hall–Kier alpha value is -2.62. The molecule has 0 aliphatic carbocycles. The predicted octanol–water partition coefficient (Wildman–Crippen LogP) is 4.03. The third-order valence-electron chi connectivity index (χ3n) is 4.95. The van der Waals surface area contributed by atoms with E-state index in [-0.39, 0.29) is 11.8 Å². The van der Waals surface area contributed by atoms with E-state index in [4.69, 9.17) is 0 Å². The van der Waals surface area contributed by atoms with Gasteiger partial charge in [0, 0.05) is 30.9 Å². The molecule has 0 radical (unpaired) electrons. The van der Waals surface area contributed by atoms with Crippen molar-refractivity contribution < 1.29 is 9.59 Å². The van der Waals surface area contributed by atoms with Crippen LogP contribution in [0.15, 0.2) is 42.5 Å². The van der Waals surface area contributed by atoms with Crippen LogP contribution in [0.1, 0.15) is 36.5 Å². The predicted molar refractivity (Wildman–Crippen MR) is 106 cm³/mol. The van der Waals surface area contributed by atoms with Gasteiger partial charge in [-0.1, -0.05) is 24.3 Å². The molecule has 2 aromatic carbocycles. The third-order valence-corrected chi connectivity index (χ3v) is 4.95. The third kappa shape index (κ3) is 3.79. The van der Waals surface area contributed by atoms with Gasteiger partial charge < -0.3 is 9.80 Å². The minimum atomic E-state index is 0.0891. The van der Waals surface area contributed by atoms with Gasteiger partial charge in [0.25, 0.3) is 0 Å². The molecule has 1 aliphatic heterocycles. The van der Waals surface area contributed by atoms with Crippen LogP contribution in [0.4, 0.5) is 11.4 Å². The monoisotopic (exact) mass is 350 g/mol. The number of carbonyl (C=O) groups is 2. The van der Waals surface area contributed by atoms with Crippen LogP contribution in [-0.4, -0.2) is 24.9 Å². The number of hydrogen-bond donors (Lipinski definition) is 0. The van der Waals surface area contributed by atoms with Crippen molar-refractivity contribution in [3.05, 3.63) is 59.2 Å². The molecule has 0 N–H and O–H groups in total. The number of likely N-dealkylation sites (N-methyl/N-ethyl adjacent to an activating group) is 1. The van der Waals surface area contributed by atoms with Gasteiger partial charge in [-0.2, -0.15) is 0 Å². The average molecular weight is 350 g/mol. The smallest absolute Gasteiger partial charge is 0.231 e. The van der Waals surface area contributed by atoms with Crippen LogP contribution in [0.25, 0.3) is 0 Å². The van der Waals surface area contributed by atoms with E-state index in [0.29, 0.717) is 19.4 Å². The highest BCUT2D eigenvalue weighted by atomic mass is 16.2. The molecule has 4 heteroatoms. The van der Waals surface area contributed by atoms with Gasteiger partial charge in [-0.25, -0.2) is 0 Å². The van der Waals surface area contributed by atoms with Crippen LogP contribution in [-0.2, 0) is 16.0 Å². The second-order valence-corrected chi connectivity index (χ2v) is 6.92. The number of rotatable bonds is 5. The minimum absolute atomic E-state index is 0.0891. The summed E-state index contributed by atoms with van der Waals surface area (Å²) in [5.74, 6) is 0.270. The van der Waals surface area contributed by atoms with Crippen molar-refractivity contribution in [3.63, 3.8) is 0 Å². The minimum Gasteiger partial charge on any atom is -0.312 e. The lowest BCUT2D eigenvalue weighted by molar-refractivity contribution is -0.118. The molecule has 1 heterocycles. The fraction of sp³-hybridized carbons (Fsp3) is 0.364. The maximum Gasteiger partial charge on any atom is 0.231 e. The normalized spacial score (nSPS) is 14.0. The van der Waals surface area contributed by atoms with Crippen LogP contribution in [0.5, 0.6) is 0 Å². The summed E-state index contributed by atoms with van der Waals surface area (Å²) in [6, 6.07) is 14.0. The molecule has 0 unspecified atom stereocenters. The van der Waals surface area contributed by atoms with Crippen molar-refractivity contribution in [2.75, 3.05) is 22.9 Å². The molecule has 2 aromatic rings. The van der Waals surface area contributed by atoms with Gasteiger partial charge in [0.15, 0.2) is 0 Å². The Bertz CT molecular complexity index is 811. The summed E-state index contributed by atoms with van der Waals surface area (Å²) in [7, 11) is 0. The van der Waals surface area contributed by atoms with E-state index in [0.717, 1.165) is 41.0 Å². The van der Waals surface area contributed by atoms with E-state index < -0.39 is 0 Å². The van der Waals surface area contributed by atoms with Gasteiger partial charge in [-0.15, -0.1) is 0 Å². The molecule has 1 saturated heterocycles. The molecule has 0 atom stereocenters. The Kier molecular flexibility index (Phi) is 5.40. The molecule has 1 fully saturated rings. The lowest BCUT2D eigenvalue weighted by Gasteiger charge is -2.24. The highest BCUT2D eigenvalue weighted by Crippen LogP contribution is 2.24. The molecule has 4 nitrogen and oxygen atoms in total. The average Bonchev–Trinajstić information content (AvgIpc) is 3.05. The second kappa shape index (κ2) is 7.73. The van der Waals surface area contributed by atoms with E-state index in [1.807, 2.05) is 54.8 Å². The number of hydrogen-bond acceptors (Lipinski definition) is 2. The number of aryl methyl sites for hydroxylation is 2. The number of amides is 2. The summed E-state index contributed by atoms with van der Waals surface area (Å²) in [5.41, 5.74) is 5.13. The SMILES string of the molecule is CCN(C(=O)Cc1ccc(N2CCCC2=O)cc1)c1cc(C)ccc1C. The molecule has 3 rings (SSSR count). The van der Waals surface area contributed by atoms with Crippen molar-refractivity contribution in [2.24, 2.45) is 0 Å². The Morgan fingerprint density at radius 2 is 1.85 bits per heavy atom. The summed E-state index contributed by atoms with van der Waals surface area (Å²) in [5, 5.41) is 0. The standard InChI is InChI=1S/C22H26N2O2/c1-4-23(20-14-16(2)7-8-17(20)3)22(26)15-18-9-11-19(12-10-18)24-13-5-6-21(24)25/h7-12,14H,4-6,13,15H2,1-3H3. The second-order valence-electron chi connectivity index (χ2n) is 6.92. The van der Waals surface area contributed by atoms with E-state index in [9.17, 15) is 9.59 Å². The fourth-order valence-corrected chi connectivity index (χ4v) is 3.48. The first-order chi connectivity index (χ1) is 12.5. The van der Waals surface area contributed by atoms with Crippen LogP contribution in [0.3, 0.4) is 0 Å². The number of benzene rings is 2. The van der Waals surface area contributed by atoms with Crippen molar-refractivity contribution in [3.8, 4) is 0 Å². The maximum atomic E-state index is 12.9. The molecule has 0 aromatic heterocycles. The lowest BCUT2D eigenvalue weighted by Crippen LogP contribution is -2.32. The lowest BCUT2D eigenvalue weighted by atomic mass is 10.1. The topological polar surface area (TPSA) is 40.6 Å². The molecule has 0 saturated carbocycles. The highest BCUT2D eigenvalue weighted by Gasteiger charge is 2.22. The Balaban J connectivity index is 1.74. The van der Waals surface area contributed by atoms with Gasteiger partial charge in [0.1, 0.15) is 0 Å². The molecule has 0 bridgehead atoms. The van der Waals surface area contributed by atoms with Crippen molar-refractivity contribution in [1.29, 1.82) is 0 Å². The molecular formula is C22H26N2O2. The summed E-state index contributed by atoms with van der Waals surface area (Å²) in [6.45, 7) is 7.50. The highest BCUT2D eigenvalue weighted by molar-refractivity contribution is 5.96. The van der Waals surface area contributed by atoms with E-state index in [2.05, 4.69) is 18.2 Å². The summed E-state index contributed by atoms with van der Waals surface area (Å²) in [4.78, 5) is 28.4. The zero-order valence-corrected chi connectivity index (χ0v) is 15.8. The zero-order chi connectivity index (χ0) is 18.7. The summed E-state index contributed by atoms with van der Waals surface area (Å²) >= 11 is 0. The van der Waals surface area contributed by atoms with E-state index in [1.54, 1.807) is 0 Å². The maximum absolute atomic E-state index is 12.9. The van der Waals surface area contributed by atoms with Gasteiger partial charge in [0.2, 0.25) is 11.8 Å². The van der Waals surface area contributed by atoms with Crippen molar-refractivity contribution >= 4 is 23.2 Å². The number of anilines is 2. The van der Waals surface area contributed by atoms with Gasteiger partial charge >= 0.3 is 0 Å². The van der Waals surface area contributed by atoms with Crippen LogP contribution >= 0.6 is 0 Å². The van der Waals surface area contributed by atoms with E-state index in [1.165, 1.54) is 0 Å². The molecule has 1 aliphatic rings. The fourth-order valence-electron chi connectivity index (χ4n) is 3.48. The molecule has 136 valence electrons. The van der Waals surface area contributed by atoms with Crippen LogP contribution in [0, 0.1) is 13.8 Å². The van der Waals surface area contributed by atoms with Crippen molar-refractivity contribution in [2.45, 2.75) is 40.0 Å². The molecule has 0 spiro atoms. The van der Waals surface area contributed by atoms with E-state index >= 15 is 0 Å². The summed E-state index contributed by atoms with van der Waals surface area (Å²) in [6.07, 6.45) is 1.90. The number of nitrogens with zero attached hydrogens (tertiary/aromatic N) is 2. The first-order valence-electron chi connectivity index (χ1n) is 9.26. The van der Waals surface area contributed by atoms with Gasteiger partial charge in [-0.3, -0.25) is 9.59 Å². The first-order valence-corrected chi connectivity index (χ1v) is 9.26. The zero-order valence-electron chi connectivity index (χ0n) is 15.8. The van der Waals surface area contributed by atoms with Crippen LogP contribution in [0.2, 0.25) is 0 Å². The number of carbonyl (C=O) groups excluding carboxylic acids is 2. The first kappa shape index (κ1) is 18.2. The molecule has 26 heavy (non-hydrogen) atoms. The Labute approximate surface area is 155 Å². The Morgan fingerprint density at radius 1 is 1.12 bits per heavy atom. The largest absolute Gasteiger partial charge is 0.312 e. The Morgan fingerprint density at radius 3 is 2.46 bits per heavy atom.